The molecule has 0 heterocycles. The average Bonchev–Trinajstić information content (AvgIpc) is 2.27. The molecule has 0 nitrogen and oxygen atoms in total. The van der Waals surface area contributed by atoms with E-state index in [9.17, 15) is 0 Å². The summed E-state index contributed by atoms with van der Waals surface area (Å²) in [6.07, 6.45) is 14.3. The van der Waals surface area contributed by atoms with E-state index < -0.39 is 0 Å². The third-order valence-corrected chi connectivity index (χ3v) is 6.19. The van der Waals surface area contributed by atoms with Crippen LogP contribution in [0, 0.1) is 0 Å². The molecule has 0 bridgehead atoms. The summed E-state index contributed by atoms with van der Waals surface area (Å²) in [6, 6.07) is 0. The van der Waals surface area contributed by atoms with Gasteiger partial charge in [-0.3, -0.25) is 0 Å². The number of hydrogen-bond acceptors (Lipinski definition) is 0. The summed E-state index contributed by atoms with van der Waals surface area (Å²) in [6.45, 7) is 7.10. The van der Waals surface area contributed by atoms with E-state index in [1.54, 1.807) is 0 Å². The van der Waals surface area contributed by atoms with E-state index >= 15 is 0 Å². The van der Waals surface area contributed by atoms with E-state index in [4.69, 9.17) is 11.6 Å². The van der Waals surface area contributed by atoms with Crippen LogP contribution in [0.25, 0.3) is 0 Å². The molecule has 104 valence electrons. The first-order chi connectivity index (χ1) is 8.12. The predicted octanol–water partition coefficient (Wildman–Crippen LogP) is 5.47. The quantitative estimate of drug-likeness (QED) is 0.252. The topological polar surface area (TPSA) is 0 Å². The fraction of sp³-hybridized carbons (Fsp3) is 1.00. The summed E-state index contributed by atoms with van der Waals surface area (Å²) in [5.74, 6) is 0. The minimum Gasteiger partial charge on any atom is -0.131 e. The monoisotopic (exact) mass is 276 g/mol. The van der Waals surface area contributed by atoms with Crippen LogP contribution in [-0.2, 0) is 0 Å². The highest BCUT2D eigenvalue weighted by molar-refractivity contribution is 6.52. The molecule has 17 heavy (non-hydrogen) atoms. The minimum atomic E-state index is -0.0385. The maximum absolute atomic E-state index is 5.87. The summed E-state index contributed by atoms with van der Waals surface area (Å²) in [7, 11) is -0.0385. The predicted molar refractivity (Wildman–Crippen MR) is 85.1 cm³/mol. The molecule has 0 aromatic heterocycles. The Morgan fingerprint density at radius 1 is 0.824 bits per heavy atom. The van der Waals surface area contributed by atoms with Crippen molar-refractivity contribution < 1.29 is 0 Å². The van der Waals surface area contributed by atoms with Gasteiger partial charge < -0.3 is 0 Å². The molecular weight excluding hydrogens is 244 g/mol. The van der Waals surface area contributed by atoms with Crippen molar-refractivity contribution in [2.24, 2.45) is 0 Å². The molecule has 0 aliphatic rings. The highest BCUT2D eigenvalue weighted by Gasteiger charge is 2.16. The van der Waals surface area contributed by atoms with Crippen molar-refractivity contribution in [3.05, 3.63) is 0 Å². The highest BCUT2D eigenvalue weighted by atomic mass is 35.5. The first-order valence-corrected chi connectivity index (χ1v) is 9.92. The summed E-state index contributed by atoms with van der Waals surface area (Å²) >= 11 is 5.87. The zero-order valence-electron chi connectivity index (χ0n) is 12.4. The third kappa shape index (κ3) is 12.7. The van der Waals surface area contributed by atoms with Gasteiger partial charge in [0, 0.05) is 15.0 Å². The molecule has 2 heteroatoms. The van der Waals surface area contributed by atoms with Gasteiger partial charge in [-0.15, -0.1) is 11.6 Å². The van der Waals surface area contributed by atoms with Crippen LogP contribution < -0.4 is 0 Å². The number of hydrogen-bond donors (Lipinski definition) is 0. The minimum absolute atomic E-state index is 0.0385. The Bertz CT molecular complexity index is 157. The Balaban J connectivity index is 3.18. The van der Waals surface area contributed by atoms with E-state index in [1.165, 1.54) is 64.2 Å². The molecule has 0 aliphatic carbocycles. The number of rotatable bonds is 12. The second kappa shape index (κ2) is 11.6. The van der Waals surface area contributed by atoms with Crippen LogP contribution in [-0.4, -0.2) is 15.0 Å². The van der Waals surface area contributed by atoms with Gasteiger partial charge in [-0.2, -0.15) is 0 Å². The lowest BCUT2D eigenvalue weighted by molar-refractivity contribution is 0.515. The molecule has 0 fully saturated rings. The zero-order valence-corrected chi connectivity index (χ0v) is 14.5. The van der Waals surface area contributed by atoms with Gasteiger partial charge in [0.2, 0.25) is 0 Å². The van der Waals surface area contributed by atoms with Crippen LogP contribution in [0.15, 0.2) is 0 Å². The van der Waals surface area contributed by atoms with Crippen molar-refractivity contribution in [1.82, 2.24) is 0 Å². The fourth-order valence-corrected chi connectivity index (χ4v) is 4.84. The molecule has 0 aromatic rings. The van der Waals surface area contributed by atoms with E-state index in [0.717, 1.165) is 5.50 Å². The molecule has 0 N–H and O–H groups in total. The normalized spacial score (nSPS) is 12.7. The SMILES string of the molecule is CCCCCCCCCCCC(C)(C)[SiH2]CCl. The molecule has 0 aliphatic heterocycles. The number of unbranched alkanes of at least 4 members (excludes halogenated alkanes) is 8. The van der Waals surface area contributed by atoms with Crippen LogP contribution in [0.3, 0.4) is 0 Å². The van der Waals surface area contributed by atoms with Crippen molar-refractivity contribution in [2.75, 3.05) is 5.50 Å². The zero-order chi connectivity index (χ0) is 13.0. The van der Waals surface area contributed by atoms with Gasteiger partial charge in [-0.1, -0.05) is 85.0 Å². The van der Waals surface area contributed by atoms with E-state index in [-0.39, 0.29) is 9.52 Å². The Hall–Kier alpha value is 0.507. The first-order valence-electron chi connectivity index (χ1n) is 7.68. The molecule has 0 saturated heterocycles. The van der Waals surface area contributed by atoms with Gasteiger partial charge in [-0.05, 0) is 5.04 Å². The molecule has 0 amide bonds. The molecule has 0 spiro atoms. The molecule has 0 unspecified atom stereocenters. The van der Waals surface area contributed by atoms with Crippen LogP contribution in [0.5, 0.6) is 0 Å². The van der Waals surface area contributed by atoms with Crippen molar-refractivity contribution >= 4 is 21.1 Å². The van der Waals surface area contributed by atoms with Gasteiger partial charge in [0.15, 0.2) is 0 Å². The molecule has 0 saturated carbocycles. The molecule has 0 radical (unpaired) electrons. The average molecular weight is 277 g/mol. The molecule has 0 aromatic carbocycles. The van der Waals surface area contributed by atoms with Gasteiger partial charge in [0.25, 0.3) is 0 Å². The summed E-state index contributed by atoms with van der Waals surface area (Å²) in [5, 5.41) is 0.600. The Morgan fingerprint density at radius 2 is 1.29 bits per heavy atom. The largest absolute Gasteiger partial charge is 0.131 e. The van der Waals surface area contributed by atoms with Gasteiger partial charge in [0.05, 0.1) is 0 Å². The summed E-state index contributed by atoms with van der Waals surface area (Å²) in [4.78, 5) is 0. The number of alkyl halides is 1. The summed E-state index contributed by atoms with van der Waals surface area (Å²) < 4.78 is 0. The van der Waals surface area contributed by atoms with Gasteiger partial charge in [-0.25, -0.2) is 0 Å². The van der Waals surface area contributed by atoms with Crippen molar-refractivity contribution in [1.29, 1.82) is 0 Å². The van der Waals surface area contributed by atoms with Crippen LogP contribution in [0.2, 0.25) is 5.04 Å². The molecular formula is C15H33ClSi. The van der Waals surface area contributed by atoms with Gasteiger partial charge >= 0.3 is 0 Å². The Labute approximate surface area is 117 Å². The van der Waals surface area contributed by atoms with Crippen LogP contribution in [0.1, 0.15) is 85.0 Å². The van der Waals surface area contributed by atoms with E-state index in [2.05, 4.69) is 20.8 Å². The molecule has 0 atom stereocenters. The van der Waals surface area contributed by atoms with Crippen molar-refractivity contribution in [2.45, 2.75) is 90.0 Å². The maximum Gasteiger partial charge on any atom is 0.0440 e. The lowest BCUT2D eigenvalue weighted by atomic mass is 10.0. The smallest absolute Gasteiger partial charge is 0.0440 e. The van der Waals surface area contributed by atoms with Gasteiger partial charge in [0.1, 0.15) is 0 Å². The van der Waals surface area contributed by atoms with Crippen molar-refractivity contribution in [3.63, 3.8) is 0 Å². The van der Waals surface area contributed by atoms with Crippen LogP contribution >= 0.6 is 11.6 Å². The third-order valence-electron chi connectivity index (χ3n) is 3.73. The lowest BCUT2D eigenvalue weighted by Crippen LogP contribution is -2.14. The maximum atomic E-state index is 5.87. The Kier molecular flexibility index (Phi) is 11.9. The lowest BCUT2D eigenvalue weighted by Gasteiger charge is -2.22. The molecule has 0 rings (SSSR count). The Morgan fingerprint density at radius 3 is 1.76 bits per heavy atom. The second-order valence-corrected chi connectivity index (χ2v) is 10.1. The second-order valence-electron chi connectivity index (χ2n) is 6.18. The number of halogens is 1. The first kappa shape index (κ1) is 17.5. The standard InChI is InChI=1S/C15H33ClSi/c1-4-5-6-7-8-9-10-11-12-13-15(2,3)17-14-16/h4-14,17H2,1-3H3. The summed E-state index contributed by atoms with van der Waals surface area (Å²) in [5.41, 5.74) is 0.949. The van der Waals surface area contributed by atoms with Crippen LogP contribution in [0.4, 0.5) is 0 Å². The van der Waals surface area contributed by atoms with E-state index in [1.807, 2.05) is 0 Å². The highest BCUT2D eigenvalue weighted by Crippen LogP contribution is 2.30. The fourth-order valence-electron chi connectivity index (χ4n) is 2.30. The van der Waals surface area contributed by atoms with Crippen molar-refractivity contribution in [3.8, 4) is 0 Å². The van der Waals surface area contributed by atoms with E-state index in [0.29, 0.717) is 5.04 Å².